The van der Waals surface area contributed by atoms with Crippen LogP contribution in [-0.2, 0) is 0 Å². The van der Waals surface area contributed by atoms with Gasteiger partial charge in [0, 0.05) is 24.9 Å². The van der Waals surface area contributed by atoms with Gasteiger partial charge in [-0.25, -0.2) is 4.68 Å². The quantitative estimate of drug-likeness (QED) is 0.826. The second-order valence-corrected chi connectivity index (χ2v) is 3.63. The van der Waals surface area contributed by atoms with E-state index in [1.165, 1.54) is 0 Å². The van der Waals surface area contributed by atoms with Gasteiger partial charge in [0.25, 0.3) is 0 Å². The fraction of sp³-hybridized carbons (Fsp3) is 0.250. The average Bonchev–Trinajstić information content (AvgIpc) is 2.82. The summed E-state index contributed by atoms with van der Waals surface area (Å²) in [6.07, 6.45) is 3.66. The molecule has 2 rings (SSSR count). The molecule has 0 fully saturated rings. The van der Waals surface area contributed by atoms with E-state index < -0.39 is 0 Å². The molecule has 1 atom stereocenters. The highest BCUT2D eigenvalue weighted by atomic mass is 16.3. The van der Waals surface area contributed by atoms with E-state index in [-0.39, 0.29) is 12.5 Å². The summed E-state index contributed by atoms with van der Waals surface area (Å²) in [5.74, 6) is 0.191. The topological polar surface area (TPSA) is 38.0 Å². The van der Waals surface area contributed by atoms with Crippen LogP contribution in [0.25, 0.3) is 5.69 Å². The zero-order valence-corrected chi connectivity index (χ0v) is 8.67. The monoisotopic (exact) mass is 202 g/mol. The summed E-state index contributed by atoms with van der Waals surface area (Å²) in [4.78, 5) is 0. The van der Waals surface area contributed by atoms with E-state index in [1.807, 2.05) is 48.1 Å². The van der Waals surface area contributed by atoms with Crippen molar-refractivity contribution in [3.63, 3.8) is 0 Å². The number of aliphatic hydroxyl groups is 1. The van der Waals surface area contributed by atoms with Crippen molar-refractivity contribution in [2.75, 3.05) is 6.61 Å². The van der Waals surface area contributed by atoms with E-state index in [4.69, 9.17) is 5.11 Å². The molecule has 0 radical (unpaired) electrons. The lowest BCUT2D eigenvalue weighted by molar-refractivity contribution is 0.273. The van der Waals surface area contributed by atoms with Crippen molar-refractivity contribution >= 4 is 0 Å². The van der Waals surface area contributed by atoms with Gasteiger partial charge in [-0.2, -0.15) is 5.10 Å². The molecule has 1 aromatic carbocycles. The predicted octanol–water partition coefficient (Wildman–Crippen LogP) is 1.97. The highest BCUT2D eigenvalue weighted by Crippen LogP contribution is 2.16. The molecule has 15 heavy (non-hydrogen) atoms. The maximum absolute atomic E-state index is 9.02. The Morgan fingerprint density at radius 2 is 2.07 bits per heavy atom. The first-order valence-corrected chi connectivity index (χ1v) is 5.02. The predicted molar refractivity (Wildman–Crippen MR) is 59.1 cm³/mol. The second kappa shape index (κ2) is 4.28. The van der Waals surface area contributed by atoms with Crippen LogP contribution in [0, 0.1) is 0 Å². The average molecular weight is 202 g/mol. The van der Waals surface area contributed by atoms with Crippen LogP contribution in [0.15, 0.2) is 42.7 Å². The smallest absolute Gasteiger partial charge is 0.0645 e. The maximum atomic E-state index is 9.02. The lowest BCUT2D eigenvalue weighted by atomic mass is 10.0. The normalized spacial score (nSPS) is 12.7. The molecule has 2 aromatic rings. The summed E-state index contributed by atoms with van der Waals surface area (Å²) in [6, 6.07) is 9.96. The zero-order chi connectivity index (χ0) is 10.7. The van der Waals surface area contributed by atoms with Gasteiger partial charge >= 0.3 is 0 Å². The molecule has 0 bridgehead atoms. The summed E-state index contributed by atoms with van der Waals surface area (Å²) in [6.45, 7) is 2.18. The van der Waals surface area contributed by atoms with Gasteiger partial charge < -0.3 is 5.11 Å². The van der Waals surface area contributed by atoms with E-state index in [1.54, 1.807) is 6.20 Å². The minimum Gasteiger partial charge on any atom is -0.396 e. The molecule has 0 amide bonds. The van der Waals surface area contributed by atoms with Crippen LogP contribution in [0.2, 0.25) is 0 Å². The summed E-state index contributed by atoms with van der Waals surface area (Å²) in [7, 11) is 0. The van der Waals surface area contributed by atoms with E-state index in [0.29, 0.717) is 0 Å². The van der Waals surface area contributed by atoms with Gasteiger partial charge in [0.15, 0.2) is 0 Å². The summed E-state index contributed by atoms with van der Waals surface area (Å²) < 4.78 is 1.81. The number of hydrogen-bond donors (Lipinski definition) is 1. The number of benzene rings is 1. The van der Waals surface area contributed by atoms with Gasteiger partial charge in [0.1, 0.15) is 0 Å². The Hall–Kier alpha value is -1.61. The first-order chi connectivity index (χ1) is 7.31. The van der Waals surface area contributed by atoms with Crippen molar-refractivity contribution in [2.45, 2.75) is 12.8 Å². The first kappa shape index (κ1) is 9.93. The van der Waals surface area contributed by atoms with Crippen LogP contribution in [0.1, 0.15) is 18.4 Å². The highest BCUT2D eigenvalue weighted by molar-refractivity contribution is 5.34. The lowest BCUT2D eigenvalue weighted by Crippen LogP contribution is -2.00. The van der Waals surface area contributed by atoms with E-state index >= 15 is 0 Å². The molecule has 0 saturated heterocycles. The van der Waals surface area contributed by atoms with E-state index in [2.05, 4.69) is 5.10 Å². The Morgan fingerprint density at radius 3 is 2.60 bits per heavy atom. The van der Waals surface area contributed by atoms with Crippen LogP contribution in [0.3, 0.4) is 0 Å². The van der Waals surface area contributed by atoms with Crippen LogP contribution < -0.4 is 0 Å². The van der Waals surface area contributed by atoms with E-state index in [0.717, 1.165) is 11.3 Å². The molecule has 0 saturated carbocycles. The fourth-order valence-corrected chi connectivity index (χ4v) is 1.48. The van der Waals surface area contributed by atoms with Crippen LogP contribution in [0.5, 0.6) is 0 Å². The van der Waals surface area contributed by atoms with Gasteiger partial charge in [-0.05, 0) is 23.8 Å². The molecule has 1 unspecified atom stereocenters. The molecule has 0 aliphatic rings. The molecule has 1 heterocycles. The van der Waals surface area contributed by atoms with Gasteiger partial charge in [-0.15, -0.1) is 0 Å². The number of aromatic nitrogens is 2. The Morgan fingerprint density at radius 1 is 1.33 bits per heavy atom. The first-order valence-electron chi connectivity index (χ1n) is 5.02. The Kier molecular flexibility index (Phi) is 2.83. The highest BCUT2D eigenvalue weighted by Gasteiger charge is 2.03. The van der Waals surface area contributed by atoms with Crippen LogP contribution in [0.4, 0.5) is 0 Å². The third-order valence-corrected chi connectivity index (χ3v) is 2.50. The zero-order valence-electron chi connectivity index (χ0n) is 8.67. The molecule has 0 spiro atoms. The van der Waals surface area contributed by atoms with Crippen molar-refractivity contribution in [1.82, 2.24) is 9.78 Å². The van der Waals surface area contributed by atoms with Gasteiger partial charge in [-0.1, -0.05) is 19.1 Å². The van der Waals surface area contributed by atoms with Gasteiger partial charge in [0.05, 0.1) is 5.69 Å². The van der Waals surface area contributed by atoms with Crippen molar-refractivity contribution in [3.8, 4) is 5.69 Å². The standard InChI is InChI=1S/C12H14N2O/c1-10(9-15)11-3-5-12(6-4-11)14-8-2-7-13-14/h2-8,10,15H,9H2,1H3. The SMILES string of the molecule is CC(CO)c1ccc(-n2cccn2)cc1. The number of nitrogens with zero attached hydrogens (tertiary/aromatic N) is 2. The summed E-state index contributed by atoms with van der Waals surface area (Å²) in [5, 5.41) is 13.2. The third-order valence-electron chi connectivity index (χ3n) is 2.50. The molecule has 3 heteroatoms. The number of aliphatic hydroxyl groups excluding tert-OH is 1. The Balaban J connectivity index is 2.25. The van der Waals surface area contributed by atoms with E-state index in [9.17, 15) is 0 Å². The summed E-state index contributed by atoms with van der Waals surface area (Å²) in [5.41, 5.74) is 2.18. The van der Waals surface area contributed by atoms with Gasteiger partial charge in [-0.3, -0.25) is 0 Å². The minimum atomic E-state index is 0.182. The van der Waals surface area contributed by atoms with Crippen molar-refractivity contribution in [2.24, 2.45) is 0 Å². The minimum absolute atomic E-state index is 0.182. The second-order valence-electron chi connectivity index (χ2n) is 3.63. The lowest BCUT2D eigenvalue weighted by Gasteiger charge is -2.09. The molecule has 1 N–H and O–H groups in total. The Bertz CT molecular complexity index is 406. The van der Waals surface area contributed by atoms with Crippen molar-refractivity contribution in [1.29, 1.82) is 0 Å². The summed E-state index contributed by atoms with van der Waals surface area (Å²) >= 11 is 0. The van der Waals surface area contributed by atoms with Crippen LogP contribution >= 0.6 is 0 Å². The molecule has 1 aromatic heterocycles. The van der Waals surface area contributed by atoms with Crippen molar-refractivity contribution < 1.29 is 5.11 Å². The molecular weight excluding hydrogens is 188 g/mol. The molecule has 78 valence electrons. The van der Waals surface area contributed by atoms with Crippen molar-refractivity contribution in [3.05, 3.63) is 48.3 Å². The maximum Gasteiger partial charge on any atom is 0.0645 e. The number of hydrogen-bond acceptors (Lipinski definition) is 2. The molecule has 0 aliphatic carbocycles. The van der Waals surface area contributed by atoms with Crippen LogP contribution in [-0.4, -0.2) is 21.5 Å². The molecular formula is C12H14N2O. The fourth-order valence-electron chi connectivity index (χ4n) is 1.48. The largest absolute Gasteiger partial charge is 0.396 e. The van der Waals surface area contributed by atoms with Gasteiger partial charge in [0.2, 0.25) is 0 Å². The molecule has 0 aliphatic heterocycles. The molecule has 3 nitrogen and oxygen atoms in total. The Labute approximate surface area is 89.0 Å². The third kappa shape index (κ3) is 2.07. The number of rotatable bonds is 3.